The highest BCUT2D eigenvalue weighted by Crippen LogP contribution is 2.23. The number of carbonyl (C=O) groups is 1. The molecule has 0 unspecified atom stereocenters. The van der Waals surface area contributed by atoms with Crippen LogP contribution in [0.15, 0.2) is 70.3 Å². The smallest absolute Gasteiger partial charge is 0.330 e. The lowest BCUT2D eigenvalue weighted by Gasteiger charge is -2.06. The van der Waals surface area contributed by atoms with Crippen LogP contribution in [-0.4, -0.2) is 15.5 Å². The van der Waals surface area contributed by atoms with E-state index < -0.39 is 0 Å². The fourth-order valence-corrected chi connectivity index (χ4v) is 2.93. The van der Waals surface area contributed by atoms with E-state index in [1.165, 1.54) is 4.57 Å². The highest BCUT2D eigenvalue weighted by atomic mass is 16.3. The number of anilines is 1. The first-order valence-electron chi connectivity index (χ1n) is 8.23. The summed E-state index contributed by atoms with van der Waals surface area (Å²) in [5.41, 5.74) is 3.95. The zero-order valence-corrected chi connectivity index (χ0v) is 14.2. The molecule has 2 heterocycles. The minimum Gasteiger partial charge on any atom is -0.464 e. The van der Waals surface area contributed by atoms with Gasteiger partial charge in [-0.1, -0.05) is 12.1 Å². The number of hydrogen-bond acceptors (Lipinski definition) is 3. The summed E-state index contributed by atoms with van der Waals surface area (Å²) in [7, 11) is 0. The van der Waals surface area contributed by atoms with Crippen LogP contribution < -0.4 is 11.0 Å². The van der Waals surface area contributed by atoms with Gasteiger partial charge in [-0.3, -0.25) is 9.36 Å². The average Bonchev–Trinajstić information content (AvgIpc) is 3.22. The van der Waals surface area contributed by atoms with E-state index in [0.717, 1.165) is 27.8 Å². The van der Waals surface area contributed by atoms with E-state index in [1.54, 1.807) is 42.9 Å². The molecule has 6 nitrogen and oxygen atoms in total. The van der Waals surface area contributed by atoms with Crippen LogP contribution in [0.4, 0.5) is 5.69 Å². The van der Waals surface area contributed by atoms with Gasteiger partial charge in [0.05, 0.1) is 18.4 Å². The maximum atomic E-state index is 12.3. The van der Waals surface area contributed by atoms with Crippen LogP contribution >= 0.6 is 0 Å². The molecule has 4 aromatic rings. The van der Waals surface area contributed by atoms with Crippen LogP contribution in [0.5, 0.6) is 0 Å². The number of carbonyl (C=O) groups excluding carboxylic acids is 1. The van der Waals surface area contributed by atoms with Gasteiger partial charge in [0.15, 0.2) is 0 Å². The van der Waals surface area contributed by atoms with Crippen molar-refractivity contribution in [2.45, 2.75) is 13.3 Å². The van der Waals surface area contributed by atoms with Gasteiger partial charge in [-0.25, -0.2) is 4.79 Å². The number of amides is 1. The highest BCUT2D eigenvalue weighted by Gasteiger charge is 2.11. The Hall–Kier alpha value is -3.54. The van der Waals surface area contributed by atoms with Crippen LogP contribution in [0.25, 0.3) is 16.7 Å². The van der Waals surface area contributed by atoms with Crippen molar-refractivity contribution in [3.8, 4) is 5.69 Å². The number of nitrogens with zero attached hydrogens (tertiary/aromatic N) is 1. The molecule has 1 amide bonds. The average molecular weight is 347 g/mol. The Labute approximate surface area is 149 Å². The summed E-state index contributed by atoms with van der Waals surface area (Å²) in [5.74, 6) is -0.125. The van der Waals surface area contributed by atoms with E-state index in [-0.39, 0.29) is 18.0 Å². The van der Waals surface area contributed by atoms with Gasteiger partial charge in [0.25, 0.3) is 0 Å². The Kier molecular flexibility index (Phi) is 3.93. The van der Waals surface area contributed by atoms with E-state index in [4.69, 9.17) is 4.42 Å². The summed E-state index contributed by atoms with van der Waals surface area (Å²) in [6, 6.07) is 13.0. The maximum Gasteiger partial charge on any atom is 0.330 e. The molecule has 2 N–H and O–H groups in total. The van der Waals surface area contributed by atoms with Gasteiger partial charge in [-0.2, -0.15) is 0 Å². The second kappa shape index (κ2) is 6.40. The molecule has 2 aromatic carbocycles. The topological polar surface area (TPSA) is 80.0 Å². The molecule has 0 aliphatic carbocycles. The number of imidazole rings is 1. The lowest BCUT2D eigenvalue weighted by atomic mass is 10.1. The minimum atomic E-state index is -0.205. The van der Waals surface area contributed by atoms with E-state index in [9.17, 15) is 9.59 Å². The monoisotopic (exact) mass is 347 g/mol. The number of nitrogens with one attached hydrogen (secondary N) is 2. The minimum absolute atomic E-state index is 0.125. The Morgan fingerprint density at radius 1 is 1.19 bits per heavy atom. The third-order valence-corrected chi connectivity index (χ3v) is 4.24. The van der Waals surface area contributed by atoms with Gasteiger partial charge < -0.3 is 14.7 Å². The zero-order chi connectivity index (χ0) is 18.1. The molecule has 0 spiro atoms. The zero-order valence-electron chi connectivity index (χ0n) is 14.2. The predicted octanol–water partition coefficient (Wildman–Crippen LogP) is 3.40. The summed E-state index contributed by atoms with van der Waals surface area (Å²) < 4.78 is 7.03. The molecule has 0 saturated carbocycles. The Morgan fingerprint density at radius 3 is 2.73 bits per heavy atom. The number of fused-ring (bicyclic) bond motifs is 1. The third-order valence-electron chi connectivity index (χ3n) is 4.24. The molecule has 26 heavy (non-hydrogen) atoms. The normalized spacial score (nSPS) is 11.0. The largest absolute Gasteiger partial charge is 0.464 e. The maximum absolute atomic E-state index is 12.3. The van der Waals surface area contributed by atoms with E-state index in [0.29, 0.717) is 5.69 Å². The molecule has 0 saturated heterocycles. The summed E-state index contributed by atoms with van der Waals surface area (Å²) in [4.78, 5) is 26.5. The number of furan rings is 1. The molecule has 0 radical (unpaired) electrons. The molecule has 0 atom stereocenters. The number of rotatable bonds is 4. The third kappa shape index (κ3) is 3.04. The molecule has 0 aliphatic heterocycles. The summed E-state index contributed by atoms with van der Waals surface area (Å²) >= 11 is 0. The van der Waals surface area contributed by atoms with Crippen molar-refractivity contribution in [1.29, 1.82) is 0 Å². The van der Waals surface area contributed by atoms with Crippen molar-refractivity contribution in [3.63, 3.8) is 0 Å². The van der Waals surface area contributed by atoms with Gasteiger partial charge in [0.2, 0.25) is 5.91 Å². The number of aromatic amines is 1. The second-order valence-electron chi connectivity index (χ2n) is 6.17. The van der Waals surface area contributed by atoms with Crippen LogP contribution in [0.3, 0.4) is 0 Å². The standard InChI is InChI=1S/C20H17N3O3/c1-13-2-7-17-14(12-26-18(17)10-13)11-19(24)22-15-3-5-16(6-4-15)23-9-8-21-20(23)25/h2-10,12H,11H2,1H3,(H,21,25)(H,22,24). The SMILES string of the molecule is Cc1ccc2c(CC(=O)Nc3ccc(-n4cc[nH]c4=O)cc3)coc2c1. The summed E-state index contributed by atoms with van der Waals surface area (Å²) in [6.07, 6.45) is 5.09. The lowest BCUT2D eigenvalue weighted by molar-refractivity contribution is -0.115. The highest BCUT2D eigenvalue weighted by molar-refractivity contribution is 5.95. The molecule has 130 valence electrons. The van der Waals surface area contributed by atoms with Crippen LogP contribution in [0.1, 0.15) is 11.1 Å². The van der Waals surface area contributed by atoms with Gasteiger partial charge in [0, 0.05) is 29.0 Å². The second-order valence-corrected chi connectivity index (χ2v) is 6.17. The van der Waals surface area contributed by atoms with E-state index in [2.05, 4.69) is 10.3 Å². The number of H-pyrrole nitrogens is 1. The fraction of sp³-hybridized carbons (Fsp3) is 0.100. The number of aryl methyl sites for hydroxylation is 1. The van der Waals surface area contributed by atoms with Gasteiger partial charge in [0.1, 0.15) is 5.58 Å². The fourth-order valence-electron chi connectivity index (χ4n) is 2.93. The molecule has 0 aliphatic rings. The number of aromatic nitrogens is 2. The molecule has 0 fully saturated rings. The van der Waals surface area contributed by atoms with Crippen molar-refractivity contribution in [2.24, 2.45) is 0 Å². The molecule has 6 heteroatoms. The Bertz CT molecular complexity index is 1130. The number of hydrogen-bond donors (Lipinski definition) is 2. The first-order valence-corrected chi connectivity index (χ1v) is 8.23. The summed E-state index contributed by atoms with van der Waals surface area (Å²) in [6.45, 7) is 2.00. The molecule has 0 bridgehead atoms. The van der Waals surface area contributed by atoms with Crippen molar-refractivity contribution < 1.29 is 9.21 Å². The van der Waals surface area contributed by atoms with E-state index in [1.807, 2.05) is 25.1 Å². The first kappa shape index (κ1) is 16.0. The van der Waals surface area contributed by atoms with Crippen LogP contribution in [-0.2, 0) is 11.2 Å². The van der Waals surface area contributed by atoms with Crippen molar-refractivity contribution in [2.75, 3.05) is 5.32 Å². The lowest BCUT2D eigenvalue weighted by Crippen LogP contribution is -2.15. The van der Waals surface area contributed by atoms with Gasteiger partial charge in [-0.15, -0.1) is 0 Å². The van der Waals surface area contributed by atoms with Crippen LogP contribution in [0, 0.1) is 6.92 Å². The van der Waals surface area contributed by atoms with E-state index >= 15 is 0 Å². The molecule has 4 rings (SSSR count). The summed E-state index contributed by atoms with van der Waals surface area (Å²) in [5, 5.41) is 3.82. The quantitative estimate of drug-likeness (QED) is 0.594. The Morgan fingerprint density at radius 2 is 2.00 bits per heavy atom. The van der Waals surface area contributed by atoms with Gasteiger partial charge >= 0.3 is 5.69 Å². The first-order chi connectivity index (χ1) is 12.6. The van der Waals surface area contributed by atoms with Crippen LogP contribution in [0.2, 0.25) is 0 Å². The molecular formula is C20H17N3O3. The number of benzene rings is 2. The molecule has 2 aromatic heterocycles. The molecular weight excluding hydrogens is 330 g/mol. The van der Waals surface area contributed by atoms with Crippen molar-refractivity contribution >= 4 is 22.6 Å². The van der Waals surface area contributed by atoms with Crippen molar-refractivity contribution in [1.82, 2.24) is 9.55 Å². The van der Waals surface area contributed by atoms with Gasteiger partial charge in [-0.05, 0) is 42.8 Å². The van der Waals surface area contributed by atoms with Crippen molar-refractivity contribution in [3.05, 3.63) is 82.7 Å². The Balaban J connectivity index is 1.47. The predicted molar refractivity (Wildman–Crippen MR) is 99.7 cm³/mol.